The van der Waals surface area contributed by atoms with Crippen LogP contribution in [-0.2, 0) is 20.9 Å². The molecule has 2 aromatic rings. The number of carbonyl (C=O) groups is 3. The molecule has 0 atom stereocenters. The average Bonchev–Trinajstić information content (AvgIpc) is 2.97. The number of hydrogen-bond acceptors (Lipinski definition) is 9. The number of hydrogen-bond donors (Lipinski definition) is 3. The summed E-state index contributed by atoms with van der Waals surface area (Å²) in [7, 11) is 3.83. The van der Waals surface area contributed by atoms with Gasteiger partial charge in [0.2, 0.25) is 0 Å². The van der Waals surface area contributed by atoms with Crippen LogP contribution >= 0.6 is 11.3 Å². The molecule has 11 nitrogen and oxygen atoms in total. The Morgan fingerprint density at radius 3 is 2.10 bits per heavy atom. The van der Waals surface area contributed by atoms with E-state index in [1.165, 1.54) is 23.5 Å². The van der Waals surface area contributed by atoms with Crippen LogP contribution in [0.15, 0.2) is 24.3 Å². The molecular weight excluding hydrogens is 418 g/mol. The van der Waals surface area contributed by atoms with Gasteiger partial charge in [-0.25, -0.2) is 14.4 Å². The van der Waals surface area contributed by atoms with Crippen LogP contribution < -0.4 is 5.73 Å². The van der Waals surface area contributed by atoms with Crippen molar-refractivity contribution in [2.45, 2.75) is 13.5 Å². The average molecular weight is 439 g/mol. The molecule has 1 aromatic heterocycles. The third kappa shape index (κ3) is 6.53. The van der Waals surface area contributed by atoms with Crippen molar-refractivity contribution in [3.05, 3.63) is 44.8 Å². The molecule has 0 aliphatic rings. The normalized spacial score (nSPS) is 10.1. The standard InChI is InChI=1S/C16H19N3O4S.C2H2O4/c1-4-23-16(20)14-13(12(9-18(2)3)24-15(14)17)10-5-7-11(8-6-10)19(21)22;3-1(4)2(5)6/h5-8H,4,9,17H2,1-3H3;(H,3,4)(H,5,6). The van der Waals surface area contributed by atoms with Crippen LogP contribution in [0.1, 0.15) is 22.2 Å². The van der Waals surface area contributed by atoms with E-state index in [2.05, 4.69) is 0 Å². The largest absolute Gasteiger partial charge is 0.473 e. The summed E-state index contributed by atoms with van der Waals surface area (Å²) in [6, 6.07) is 6.08. The Hall–Kier alpha value is -3.51. The predicted molar refractivity (Wildman–Crippen MR) is 109 cm³/mol. The Kier molecular flexibility index (Phi) is 8.89. The molecule has 12 heteroatoms. The van der Waals surface area contributed by atoms with E-state index in [-0.39, 0.29) is 12.3 Å². The molecule has 0 aliphatic heterocycles. The Labute approximate surface area is 175 Å². The number of ether oxygens (including phenoxy) is 1. The van der Waals surface area contributed by atoms with Crippen LogP contribution in [-0.4, -0.2) is 58.6 Å². The highest BCUT2D eigenvalue weighted by Crippen LogP contribution is 2.40. The predicted octanol–water partition coefficient (Wildman–Crippen LogP) is 2.30. The summed E-state index contributed by atoms with van der Waals surface area (Å²) in [5.41, 5.74) is 7.76. The van der Waals surface area contributed by atoms with Crippen molar-refractivity contribution in [3.8, 4) is 11.1 Å². The van der Waals surface area contributed by atoms with Gasteiger partial charge in [0.05, 0.1) is 11.5 Å². The number of carbonyl (C=O) groups excluding carboxylic acids is 1. The molecule has 0 amide bonds. The Bertz CT molecular complexity index is 926. The molecule has 0 saturated carbocycles. The molecule has 0 aliphatic carbocycles. The number of carboxylic acid groups (broad SMARTS) is 2. The summed E-state index contributed by atoms with van der Waals surface area (Å²) in [4.78, 5) is 43.8. The highest BCUT2D eigenvalue weighted by molar-refractivity contribution is 7.17. The topological polar surface area (TPSA) is 173 Å². The van der Waals surface area contributed by atoms with Gasteiger partial charge in [0.25, 0.3) is 5.69 Å². The first-order chi connectivity index (χ1) is 14.0. The summed E-state index contributed by atoms with van der Waals surface area (Å²) in [5.74, 6) is -4.13. The molecule has 0 bridgehead atoms. The van der Waals surface area contributed by atoms with Gasteiger partial charge in [0, 0.05) is 29.1 Å². The summed E-state index contributed by atoms with van der Waals surface area (Å²) < 4.78 is 5.12. The molecule has 2 rings (SSSR count). The van der Waals surface area contributed by atoms with E-state index in [1.54, 1.807) is 19.1 Å². The maximum Gasteiger partial charge on any atom is 0.414 e. The second-order valence-corrected chi connectivity index (χ2v) is 7.15. The lowest BCUT2D eigenvalue weighted by atomic mass is 10.0. The number of nitrogen functional groups attached to an aromatic ring is 1. The smallest absolute Gasteiger partial charge is 0.414 e. The van der Waals surface area contributed by atoms with Gasteiger partial charge in [-0.3, -0.25) is 10.1 Å². The molecule has 0 fully saturated rings. The second kappa shape index (κ2) is 10.9. The Morgan fingerprint density at radius 1 is 1.17 bits per heavy atom. The van der Waals surface area contributed by atoms with Gasteiger partial charge in [0.1, 0.15) is 10.6 Å². The van der Waals surface area contributed by atoms with Crippen molar-refractivity contribution >= 4 is 39.9 Å². The quantitative estimate of drug-likeness (QED) is 0.262. The first-order valence-corrected chi connectivity index (χ1v) is 9.25. The zero-order chi connectivity index (χ0) is 23.0. The zero-order valence-corrected chi connectivity index (χ0v) is 17.3. The highest BCUT2D eigenvalue weighted by atomic mass is 32.1. The van der Waals surface area contributed by atoms with E-state index in [0.717, 1.165) is 4.88 Å². The summed E-state index contributed by atoms with van der Waals surface area (Å²) >= 11 is 1.33. The van der Waals surface area contributed by atoms with E-state index in [0.29, 0.717) is 28.2 Å². The molecule has 30 heavy (non-hydrogen) atoms. The van der Waals surface area contributed by atoms with Crippen LogP contribution in [0.5, 0.6) is 0 Å². The van der Waals surface area contributed by atoms with Crippen LogP contribution in [0.2, 0.25) is 0 Å². The zero-order valence-electron chi connectivity index (χ0n) is 16.4. The van der Waals surface area contributed by atoms with Gasteiger partial charge in [-0.15, -0.1) is 11.3 Å². The lowest BCUT2D eigenvalue weighted by Crippen LogP contribution is -2.11. The number of esters is 1. The van der Waals surface area contributed by atoms with Crippen LogP contribution in [0.25, 0.3) is 11.1 Å². The minimum absolute atomic E-state index is 0.00574. The number of rotatable bonds is 6. The third-order valence-electron chi connectivity index (χ3n) is 3.50. The van der Waals surface area contributed by atoms with Crippen molar-refractivity contribution in [3.63, 3.8) is 0 Å². The number of nitrogens with two attached hydrogens (primary N) is 1. The minimum atomic E-state index is -1.82. The van der Waals surface area contributed by atoms with Gasteiger partial charge >= 0.3 is 17.9 Å². The Balaban J connectivity index is 0.000000656. The number of nitro groups is 1. The van der Waals surface area contributed by atoms with Crippen LogP contribution in [0, 0.1) is 10.1 Å². The van der Waals surface area contributed by atoms with E-state index in [1.807, 2.05) is 19.0 Å². The van der Waals surface area contributed by atoms with Gasteiger partial charge < -0.3 is 25.6 Å². The molecule has 4 N–H and O–H groups in total. The van der Waals surface area contributed by atoms with Gasteiger partial charge in [-0.05, 0) is 38.7 Å². The van der Waals surface area contributed by atoms with Gasteiger partial charge in [0.15, 0.2) is 0 Å². The van der Waals surface area contributed by atoms with Gasteiger partial charge in [-0.1, -0.05) is 0 Å². The van der Waals surface area contributed by atoms with Crippen molar-refractivity contribution in [2.75, 3.05) is 26.4 Å². The number of carboxylic acids is 2. The fraction of sp³-hybridized carbons (Fsp3) is 0.278. The fourth-order valence-corrected chi connectivity index (χ4v) is 3.55. The lowest BCUT2D eigenvalue weighted by Gasteiger charge is -2.11. The number of anilines is 1. The van der Waals surface area contributed by atoms with E-state index in [4.69, 9.17) is 30.3 Å². The van der Waals surface area contributed by atoms with E-state index in [9.17, 15) is 14.9 Å². The molecule has 0 saturated heterocycles. The number of aliphatic carboxylic acids is 2. The lowest BCUT2D eigenvalue weighted by molar-refractivity contribution is -0.384. The first kappa shape index (κ1) is 24.5. The van der Waals surface area contributed by atoms with Gasteiger partial charge in [-0.2, -0.15) is 0 Å². The Morgan fingerprint density at radius 2 is 1.70 bits per heavy atom. The van der Waals surface area contributed by atoms with Crippen molar-refractivity contribution < 1.29 is 34.3 Å². The van der Waals surface area contributed by atoms with E-state index < -0.39 is 22.8 Å². The number of non-ortho nitro benzene ring substituents is 1. The maximum atomic E-state index is 12.3. The van der Waals surface area contributed by atoms with Crippen molar-refractivity contribution in [1.82, 2.24) is 4.90 Å². The molecular formula is C18H21N3O8S. The molecule has 162 valence electrons. The molecule has 0 radical (unpaired) electrons. The number of thiophene rings is 1. The summed E-state index contributed by atoms with van der Waals surface area (Å²) in [6.07, 6.45) is 0. The monoisotopic (exact) mass is 439 g/mol. The maximum absolute atomic E-state index is 12.3. The molecule has 0 unspecified atom stereocenters. The van der Waals surface area contributed by atoms with E-state index >= 15 is 0 Å². The SMILES string of the molecule is CCOC(=O)c1c(N)sc(CN(C)C)c1-c1ccc([N+](=O)[O-])cc1.O=C(O)C(=O)O. The van der Waals surface area contributed by atoms with Crippen molar-refractivity contribution in [2.24, 2.45) is 0 Å². The van der Waals surface area contributed by atoms with Crippen molar-refractivity contribution in [1.29, 1.82) is 0 Å². The summed E-state index contributed by atoms with van der Waals surface area (Å²) in [6.45, 7) is 2.57. The first-order valence-electron chi connectivity index (χ1n) is 8.43. The molecule has 1 aromatic carbocycles. The van der Waals surface area contributed by atoms with Crippen LogP contribution in [0.4, 0.5) is 10.7 Å². The third-order valence-corrected chi connectivity index (χ3v) is 4.50. The fourth-order valence-electron chi connectivity index (χ4n) is 2.36. The van der Waals surface area contributed by atoms with Crippen LogP contribution in [0.3, 0.4) is 0 Å². The number of benzene rings is 1. The highest BCUT2D eigenvalue weighted by Gasteiger charge is 2.25. The number of nitro benzene ring substituents is 1. The summed E-state index contributed by atoms with van der Waals surface area (Å²) in [5, 5.41) is 26.0. The number of nitrogens with zero attached hydrogens (tertiary/aromatic N) is 2. The molecule has 1 heterocycles. The second-order valence-electron chi connectivity index (χ2n) is 6.01. The minimum Gasteiger partial charge on any atom is -0.473 e. The molecule has 0 spiro atoms.